The summed E-state index contributed by atoms with van der Waals surface area (Å²) in [6.07, 6.45) is 0.820. The van der Waals surface area contributed by atoms with Crippen molar-refractivity contribution in [3.63, 3.8) is 0 Å². The molecular formula is C12H11Cl2N5. The summed E-state index contributed by atoms with van der Waals surface area (Å²) in [6.45, 7) is 0.797. The van der Waals surface area contributed by atoms with Crippen molar-refractivity contribution in [2.24, 2.45) is 5.73 Å². The third kappa shape index (κ3) is 1.86. The number of nitrogen functional groups attached to an aromatic ring is 1. The van der Waals surface area contributed by atoms with Gasteiger partial charge in [-0.25, -0.2) is 0 Å². The summed E-state index contributed by atoms with van der Waals surface area (Å²) in [5, 5.41) is 16.0. The van der Waals surface area contributed by atoms with Gasteiger partial charge in [0.25, 0.3) is 0 Å². The maximum absolute atomic E-state index is 7.55. The van der Waals surface area contributed by atoms with Gasteiger partial charge in [-0.3, -0.25) is 5.41 Å². The van der Waals surface area contributed by atoms with Crippen LogP contribution in [0.2, 0.25) is 10.0 Å². The molecule has 5 nitrogen and oxygen atoms in total. The number of nitrogens with one attached hydrogen (secondary N) is 2. The van der Waals surface area contributed by atoms with Crippen LogP contribution in [0, 0.1) is 5.41 Å². The number of halogens is 2. The first-order valence-corrected chi connectivity index (χ1v) is 6.49. The molecule has 1 aliphatic heterocycles. The Bertz CT molecular complexity index is 677. The number of fused-ring (bicyclic) bond motifs is 1. The number of benzene rings is 1. The second-order valence-corrected chi connectivity index (χ2v) is 5.04. The molecule has 2 aromatic rings. The second kappa shape index (κ2) is 4.43. The quantitative estimate of drug-likeness (QED) is 0.559. The first-order valence-electron chi connectivity index (χ1n) is 5.74. The molecular weight excluding hydrogens is 285 g/mol. The lowest BCUT2D eigenvalue weighted by molar-refractivity contribution is 0.910. The Hall–Kier alpha value is -1.72. The largest absolute Gasteiger partial charge is 0.369 e. The molecule has 0 fully saturated rings. The average Bonchev–Trinajstić information content (AvgIpc) is 2.94. The normalized spacial score (nSPS) is 13.2. The van der Waals surface area contributed by atoms with Gasteiger partial charge in [0.1, 0.15) is 5.82 Å². The molecule has 7 heteroatoms. The molecule has 1 aliphatic rings. The zero-order chi connectivity index (χ0) is 13.6. The van der Waals surface area contributed by atoms with Crippen LogP contribution in [0.4, 0.5) is 5.82 Å². The number of nitrogens with zero attached hydrogens (tertiary/aromatic N) is 2. The molecule has 19 heavy (non-hydrogen) atoms. The van der Waals surface area contributed by atoms with E-state index in [1.54, 1.807) is 6.07 Å². The summed E-state index contributed by atoms with van der Waals surface area (Å²) in [5.74, 6) is 0.633. The van der Waals surface area contributed by atoms with Crippen molar-refractivity contribution in [2.45, 2.75) is 6.42 Å². The van der Waals surface area contributed by atoms with Crippen molar-refractivity contribution in [1.82, 2.24) is 9.78 Å². The molecule has 1 aromatic heterocycles. The van der Waals surface area contributed by atoms with Crippen LogP contribution in [0.3, 0.4) is 0 Å². The molecule has 0 saturated heterocycles. The van der Waals surface area contributed by atoms with Gasteiger partial charge < -0.3 is 11.1 Å². The van der Waals surface area contributed by atoms with Crippen LogP contribution in [0.15, 0.2) is 18.2 Å². The molecule has 0 spiro atoms. The number of hydrogen-bond donors (Lipinski definition) is 3. The topological polar surface area (TPSA) is 79.7 Å². The summed E-state index contributed by atoms with van der Waals surface area (Å²) < 4.78 is 1.38. The maximum atomic E-state index is 7.55. The predicted molar refractivity (Wildman–Crippen MR) is 77.2 cm³/mol. The second-order valence-electron chi connectivity index (χ2n) is 4.25. The molecule has 0 bridgehead atoms. The highest BCUT2D eigenvalue weighted by atomic mass is 35.5. The Morgan fingerprint density at radius 2 is 2.21 bits per heavy atom. The molecule has 0 atom stereocenters. The summed E-state index contributed by atoms with van der Waals surface area (Å²) >= 11 is 12.3. The van der Waals surface area contributed by atoms with E-state index in [4.69, 9.17) is 34.3 Å². The number of hydrogen-bond acceptors (Lipinski definition) is 3. The van der Waals surface area contributed by atoms with Crippen molar-refractivity contribution in [3.05, 3.63) is 33.8 Å². The lowest BCUT2D eigenvalue weighted by Gasteiger charge is -2.04. The van der Waals surface area contributed by atoms with E-state index < -0.39 is 0 Å². The van der Waals surface area contributed by atoms with Crippen molar-refractivity contribution < 1.29 is 0 Å². The van der Waals surface area contributed by atoms with E-state index in [0.717, 1.165) is 35.6 Å². The Labute approximate surface area is 119 Å². The van der Waals surface area contributed by atoms with Crippen molar-refractivity contribution >= 4 is 35.0 Å². The van der Waals surface area contributed by atoms with Gasteiger partial charge in [-0.1, -0.05) is 35.3 Å². The number of nitrogens with two attached hydrogens (primary N) is 1. The molecule has 0 radical (unpaired) electrons. The van der Waals surface area contributed by atoms with Crippen LogP contribution in [0.25, 0.3) is 11.3 Å². The first kappa shape index (κ1) is 12.3. The minimum atomic E-state index is -0.130. The highest BCUT2D eigenvalue weighted by molar-refractivity contribution is 6.43. The molecule has 3 rings (SSSR count). The Balaban J connectivity index is 2.24. The predicted octanol–water partition coefficient (Wildman–Crippen LogP) is 2.57. The standard InChI is InChI=1S/C12H11Cl2N5/c13-8-3-1-2-6(9(8)14)10-7-4-5-17-11(7)19(18-10)12(15)16/h1-3,17H,4-5H2,(H3,15,16). The van der Waals surface area contributed by atoms with Gasteiger partial charge in [0, 0.05) is 17.7 Å². The number of anilines is 1. The molecule has 0 aliphatic carbocycles. The van der Waals surface area contributed by atoms with Crippen LogP contribution in [0.1, 0.15) is 5.56 Å². The zero-order valence-corrected chi connectivity index (χ0v) is 11.4. The minimum Gasteiger partial charge on any atom is -0.369 e. The highest BCUT2D eigenvalue weighted by Crippen LogP contribution is 2.38. The highest BCUT2D eigenvalue weighted by Gasteiger charge is 2.25. The zero-order valence-electron chi connectivity index (χ0n) is 9.87. The smallest absolute Gasteiger partial charge is 0.215 e. The van der Waals surface area contributed by atoms with E-state index in [-0.39, 0.29) is 5.96 Å². The Morgan fingerprint density at radius 1 is 1.42 bits per heavy atom. The monoisotopic (exact) mass is 295 g/mol. The SMILES string of the molecule is N=C(N)n1nc(-c2cccc(Cl)c2Cl)c2c1NCC2. The molecule has 0 saturated carbocycles. The Morgan fingerprint density at radius 3 is 2.95 bits per heavy atom. The lowest BCUT2D eigenvalue weighted by Crippen LogP contribution is -2.23. The van der Waals surface area contributed by atoms with Gasteiger partial charge in [-0.2, -0.15) is 9.78 Å². The third-order valence-corrected chi connectivity index (χ3v) is 3.90. The summed E-state index contributed by atoms with van der Waals surface area (Å²) in [7, 11) is 0. The van der Waals surface area contributed by atoms with E-state index in [0.29, 0.717) is 10.0 Å². The van der Waals surface area contributed by atoms with Crippen LogP contribution < -0.4 is 11.1 Å². The van der Waals surface area contributed by atoms with Gasteiger partial charge in [-0.15, -0.1) is 0 Å². The van der Waals surface area contributed by atoms with Crippen LogP contribution in [-0.4, -0.2) is 22.3 Å². The van der Waals surface area contributed by atoms with Crippen LogP contribution in [-0.2, 0) is 6.42 Å². The molecule has 1 aromatic carbocycles. The molecule has 0 amide bonds. The van der Waals surface area contributed by atoms with Gasteiger partial charge in [0.2, 0.25) is 5.96 Å². The van der Waals surface area contributed by atoms with Crippen molar-refractivity contribution in [1.29, 1.82) is 5.41 Å². The van der Waals surface area contributed by atoms with Gasteiger partial charge in [0.15, 0.2) is 0 Å². The number of rotatable bonds is 1. The molecule has 2 heterocycles. The third-order valence-electron chi connectivity index (χ3n) is 3.09. The fourth-order valence-corrected chi connectivity index (χ4v) is 2.64. The number of aromatic nitrogens is 2. The maximum Gasteiger partial charge on any atom is 0.215 e. The minimum absolute atomic E-state index is 0.130. The van der Waals surface area contributed by atoms with Crippen LogP contribution in [0.5, 0.6) is 0 Å². The van der Waals surface area contributed by atoms with E-state index in [9.17, 15) is 0 Å². The van der Waals surface area contributed by atoms with Gasteiger partial charge in [0.05, 0.1) is 15.7 Å². The van der Waals surface area contributed by atoms with Crippen LogP contribution >= 0.6 is 23.2 Å². The summed E-state index contributed by atoms with van der Waals surface area (Å²) in [6, 6.07) is 5.42. The van der Waals surface area contributed by atoms with Gasteiger partial charge in [-0.05, 0) is 12.5 Å². The first-order chi connectivity index (χ1) is 9.09. The molecule has 98 valence electrons. The van der Waals surface area contributed by atoms with E-state index in [1.165, 1.54) is 4.68 Å². The molecule has 0 unspecified atom stereocenters. The van der Waals surface area contributed by atoms with E-state index >= 15 is 0 Å². The lowest BCUT2D eigenvalue weighted by atomic mass is 10.1. The van der Waals surface area contributed by atoms with Crippen molar-refractivity contribution in [3.8, 4) is 11.3 Å². The van der Waals surface area contributed by atoms with E-state index in [2.05, 4.69) is 10.4 Å². The summed E-state index contributed by atoms with van der Waals surface area (Å²) in [5.41, 5.74) is 8.03. The van der Waals surface area contributed by atoms with Crippen molar-refractivity contribution in [2.75, 3.05) is 11.9 Å². The van der Waals surface area contributed by atoms with Gasteiger partial charge >= 0.3 is 0 Å². The average molecular weight is 296 g/mol. The van der Waals surface area contributed by atoms with E-state index in [1.807, 2.05) is 12.1 Å². The Kier molecular flexibility index (Phi) is 2.88. The molecule has 4 N–H and O–H groups in total. The fraction of sp³-hybridized carbons (Fsp3) is 0.167. The summed E-state index contributed by atoms with van der Waals surface area (Å²) in [4.78, 5) is 0. The fourth-order valence-electron chi connectivity index (χ4n) is 2.25.